The molecule has 0 atom stereocenters. The zero-order chi connectivity index (χ0) is 29.9. The lowest BCUT2D eigenvalue weighted by Crippen LogP contribution is -2.37. The van der Waals surface area contributed by atoms with Crippen molar-refractivity contribution < 1.29 is 23.5 Å². The molecule has 0 saturated heterocycles. The fraction of sp³-hybridized carbons (Fsp3) is 0.200. The van der Waals surface area contributed by atoms with Crippen LogP contribution in [0.25, 0.3) is 0 Å². The van der Waals surface area contributed by atoms with E-state index in [1.54, 1.807) is 47.6 Å². The van der Waals surface area contributed by atoms with Crippen LogP contribution in [0.5, 0.6) is 0 Å². The second kappa shape index (κ2) is 15.5. The van der Waals surface area contributed by atoms with Crippen molar-refractivity contribution in [2.24, 2.45) is 0 Å². The molecular formula is C30H28Br2F2N4O3. The van der Waals surface area contributed by atoms with Crippen LogP contribution < -0.4 is 5.73 Å². The third-order valence-corrected chi connectivity index (χ3v) is 6.97. The molecule has 2 aromatic carbocycles. The van der Waals surface area contributed by atoms with Gasteiger partial charge < -0.3 is 15.7 Å². The summed E-state index contributed by atoms with van der Waals surface area (Å²) in [7, 11) is 1.00. The van der Waals surface area contributed by atoms with Gasteiger partial charge in [-0.1, -0.05) is 24.3 Å². The maximum Gasteiger partial charge on any atom is 0.256 e. The van der Waals surface area contributed by atoms with Crippen LogP contribution in [0.1, 0.15) is 44.0 Å². The lowest BCUT2D eigenvalue weighted by Gasteiger charge is -2.28. The standard InChI is InChI=1S/C15H12BrFN2O.C14H12BrFN2O.CH4O/c16-11-7-13-14(18-8-11)5-6-19(15(13)20)9-10-1-3-12(17)4-2-10;15-10-7-12(14(17)18-8-10)13(19)6-3-9-1-4-11(16)5-2-9;1-2/h1-4,7-8H,5-6,9H2;1-2,4-5,7-8H,3,6H2,(H2,17,18);2H,1H3. The molecular weight excluding hydrogens is 662 g/mol. The van der Waals surface area contributed by atoms with Gasteiger partial charge in [0, 0.05) is 54.4 Å². The number of rotatable bonds is 6. The Labute approximate surface area is 253 Å². The number of aromatic nitrogens is 2. The summed E-state index contributed by atoms with van der Waals surface area (Å²) in [5, 5.41) is 7.00. The van der Waals surface area contributed by atoms with E-state index in [-0.39, 0.29) is 29.1 Å². The summed E-state index contributed by atoms with van der Waals surface area (Å²) in [6, 6.07) is 15.8. The number of Topliss-reactive ketones (excluding diaryl/α,β-unsaturated/α-hetero) is 1. The Morgan fingerprint density at radius 2 is 1.49 bits per heavy atom. The number of hydrogen-bond acceptors (Lipinski definition) is 6. The number of anilines is 1. The highest BCUT2D eigenvalue weighted by atomic mass is 79.9. The maximum absolute atomic E-state index is 12.9. The van der Waals surface area contributed by atoms with E-state index in [0.717, 1.165) is 34.8 Å². The fourth-order valence-electron chi connectivity index (χ4n) is 4.04. The van der Waals surface area contributed by atoms with Crippen molar-refractivity contribution >= 4 is 49.4 Å². The molecule has 0 unspecified atom stereocenters. The van der Waals surface area contributed by atoms with E-state index >= 15 is 0 Å². The SMILES string of the molecule is CO.Nc1ncc(Br)cc1C(=O)CCc1ccc(F)cc1.O=C1c2cc(Br)cnc2CCN1Cc1ccc(F)cc1. The molecule has 1 aliphatic rings. The van der Waals surface area contributed by atoms with E-state index in [1.807, 2.05) is 6.07 Å². The van der Waals surface area contributed by atoms with E-state index in [4.69, 9.17) is 10.8 Å². The maximum atomic E-state index is 12.9. The number of nitrogens with two attached hydrogens (primary N) is 1. The van der Waals surface area contributed by atoms with Crippen LogP contribution >= 0.6 is 31.9 Å². The van der Waals surface area contributed by atoms with Crippen LogP contribution in [-0.4, -0.2) is 45.3 Å². The van der Waals surface area contributed by atoms with Gasteiger partial charge in [0.2, 0.25) is 0 Å². The van der Waals surface area contributed by atoms with E-state index in [1.165, 1.54) is 24.3 Å². The number of carbonyl (C=O) groups is 2. The van der Waals surface area contributed by atoms with Crippen LogP contribution in [0, 0.1) is 11.6 Å². The molecule has 0 radical (unpaired) electrons. The van der Waals surface area contributed by atoms with Crippen LogP contribution in [0.15, 0.2) is 82.0 Å². The monoisotopic (exact) mass is 688 g/mol. The fourth-order valence-corrected chi connectivity index (χ4v) is 4.71. The van der Waals surface area contributed by atoms with Crippen LogP contribution in [-0.2, 0) is 19.4 Å². The molecule has 41 heavy (non-hydrogen) atoms. The first kappa shape index (κ1) is 32.0. The highest BCUT2D eigenvalue weighted by Gasteiger charge is 2.25. The van der Waals surface area contributed by atoms with E-state index in [0.29, 0.717) is 41.5 Å². The predicted molar refractivity (Wildman–Crippen MR) is 160 cm³/mol. The van der Waals surface area contributed by atoms with Crippen molar-refractivity contribution in [3.63, 3.8) is 0 Å². The normalized spacial score (nSPS) is 12.0. The largest absolute Gasteiger partial charge is 0.400 e. The quantitative estimate of drug-likeness (QED) is 0.235. The van der Waals surface area contributed by atoms with Gasteiger partial charge in [0.15, 0.2) is 5.78 Å². The molecule has 1 amide bonds. The number of aliphatic hydroxyl groups is 1. The molecule has 0 saturated carbocycles. The number of fused-ring (bicyclic) bond motifs is 1. The number of carbonyl (C=O) groups excluding carboxylic acids is 2. The van der Waals surface area contributed by atoms with Crippen LogP contribution in [0.4, 0.5) is 14.6 Å². The summed E-state index contributed by atoms with van der Waals surface area (Å²) < 4.78 is 27.2. The average Bonchev–Trinajstić information content (AvgIpc) is 2.98. The van der Waals surface area contributed by atoms with Crippen molar-refractivity contribution in [3.8, 4) is 0 Å². The Hall–Kier alpha value is -3.54. The highest BCUT2D eigenvalue weighted by Crippen LogP contribution is 2.22. The molecule has 0 spiro atoms. The second-order valence-corrected chi connectivity index (χ2v) is 10.7. The number of ketones is 1. The van der Waals surface area contributed by atoms with Gasteiger partial charge in [0.05, 0.1) is 16.8 Å². The Kier molecular flexibility index (Phi) is 12.1. The minimum absolute atomic E-state index is 0.0237. The summed E-state index contributed by atoms with van der Waals surface area (Å²) in [5.74, 6) is -0.417. The average molecular weight is 690 g/mol. The lowest BCUT2D eigenvalue weighted by molar-refractivity contribution is 0.0724. The summed E-state index contributed by atoms with van der Waals surface area (Å²) in [5.41, 5.74) is 9.41. The van der Waals surface area contributed by atoms with Crippen molar-refractivity contribution in [1.29, 1.82) is 0 Å². The van der Waals surface area contributed by atoms with Crippen molar-refractivity contribution in [3.05, 3.63) is 122 Å². The number of aliphatic hydroxyl groups excluding tert-OH is 1. The molecule has 3 heterocycles. The van der Waals surface area contributed by atoms with Gasteiger partial charge in [0.1, 0.15) is 17.5 Å². The van der Waals surface area contributed by atoms with Crippen molar-refractivity contribution in [2.75, 3.05) is 19.4 Å². The first-order chi connectivity index (χ1) is 19.7. The molecule has 0 bridgehead atoms. The van der Waals surface area contributed by atoms with Crippen LogP contribution in [0.2, 0.25) is 0 Å². The minimum Gasteiger partial charge on any atom is -0.400 e. The van der Waals surface area contributed by atoms with E-state index in [9.17, 15) is 18.4 Å². The van der Waals surface area contributed by atoms with Crippen LogP contribution in [0.3, 0.4) is 0 Å². The summed E-state index contributed by atoms with van der Waals surface area (Å²) in [6.07, 6.45) is 4.86. The van der Waals surface area contributed by atoms with Gasteiger partial charge in [-0.25, -0.2) is 13.8 Å². The first-order valence-electron chi connectivity index (χ1n) is 12.5. The van der Waals surface area contributed by atoms with Gasteiger partial charge >= 0.3 is 0 Å². The number of amides is 1. The number of benzene rings is 2. The van der Waals surface area contributed by atoms with Gasteiger partial charge in [-0.05, 0) is 85.8 Å². The highest BCUT2D eigenvalue weighted by molar-refractivity contribution is 9.10. The second-order valence-electron chi connectivity index (χ2n) is 8.89. The third kappa shape index (κ3) is 9.24. The molecule has 4 aromatic rings. The number of hydrogen-bond donors (Lipinski definition) is 2. The Morgan fingerprint density at radius 3 is 2.12 bits per heavy atom. The van der Waals surface area contributed by atoms with E-state index < -0.39 is 0 Å². The molecule has 3 N–H and O–H groups in total. The smallest absolute Gasteiger partial charge is 0.256 e. The zero-order valence-electron chi connectivity index (χ0n) is 22.2. The number of aryl methyl sites for hydroxylation is 1. The third-order valence-electron chi connectivity index (χ3n) is 6.10. The van der Waals surface area contributed by atoms with Gasteiger partial charge in [-0.3, -0.25) is 14.6 Å². The minimum atomic E-state index is -0.282. The molecule has 7 nitrogen and oxygen atoms in total. The summed E-state index contributed by atoms with van der Waals surface area (Å²) in [4.78, 5) is 34.4. The van der Waals surface area contributed by atoms with Gasteiger partial charge in [0.25, 0.3) is 5.91 Å². The topological polar surface area (TPSA) is 109 Å². The summed E-state index contributed by atoms with van der Waals surface area (Å²) in [6.45, 7) is 1.13. The Balaban J connectivity index is 0.000000213. The van der Waals surface area contributed by atoms with Crippen molar-refractivity contribution in [1.82, 2.24) is 14.9 Å². The first-order valence-corrected chi connectivity index (χ1v) is 14.1. The number of halogens is 4. The zero-order valence-corrected chi connectivity index (χ0v) is 25.3. The van der Waals surface area contributed by atoms with Gasteiger partial charge in [-0.15, -0.1) is 0 Å². The van der Waals surface area contributed by atoms with Gasteiger partial charge in [-0.2, -0.15) is 0 Å². The molecule has 1 aliphatic heterocycles. The molecule has 5 rings (SSSR count). The number of nitrogen functional groups attached to an aromatic ring is 1. The van der Waals surface area contributed by atoms with E-state index in [2.05, 4.69) is 41.8 Å². The molecule has 11 heteroatoms. The lowest BCUT2D eigenvalue weighted by atomic mass is 10.0. The summed E-state index contributed by atoms with van der Waals surface area (Å²) >= 11 is 6.59. The number of nitrogens with zero attached hydrogens (tertiary/aromatic N) is 3. The number of pyridine rings is 2. The molecule has 214 valence electrons. The molecule has 0 aliphatic carbocycles. The predicted octanol–water partition coefficient (Wildman–Crippen LogP) is 6.17. The Bertz CT molecular complexity index is 1490. The van der Waals surface area contributed by atoms with Crippen molar-refractivity contribution in [2.45, 2.75) is 25.8 Å². The molecule has 0 fully saturated rings. The Morgan fingerprint density at radius 1 is 0.927 bits per heavy atom. The molecule has 2 aromatic heterocycles.